The first-order chi connectivity index (χ1) is 16.1. The van der Waals surface area contributed by atoms with Gasteiger partial charge in [-0.25, -0.2) is 0 Å². The maximum Gasteiger partial charge on any atom is 0.0860 e. The molecule has 0 atom stereocenters. The van der Waals surface area contributed by atoms with Gasteiger partial charge >= 0.3 is 0 Å². The summed E-state index contributed by atoms with van der Waals surface area (Å²) in [6.07, 6.45) is 10.2. The second-order valence-electron chi connectivity index (χ2n) is 9.51. The van der Waals surface area contributed by atoms with Crippen molar-refractivity contribution in [2.75, 3.05) is 5.32 Å². The van der Waals surface area contributed by atoms with E-state index in [-0.39, 0.29) is 0 Å². The summed E-state index contributed by atoms with van der Waals surface area (Å²) in [6, 6.07) is 25.8. The summed E-state index contributed by atoms with van der Waals surface area (Å²) in [4.78, 5) is 0. The number of rotatable bonds is 5. The minimum atomic E-state index is 0.403. The van der Waals surface area contributed by atoms with E-state index in [4.69, 9.17) is 0 Å². The topological polar surface area (TPSA) is 12.0 Å². The van der Waals surface area contributed by atoms with Crippen LogP contribution in [-0.2, 0) is 5.41 Å². The van der Waals surface area contributed by atoms with Crippen molar-refractivity contribution in [1.82, 2.24) is 0 Å². The molecule has 1 heteroatoms. The fourth-order valence-corrected chi connectivity index (χ4v) is 3.64. The van der Waals surface area contributed by atoms with Gasteiger partial charge in [0.1, 0.15) is 0 Å². The maximum absolute atomic E-state index is 3.50. The van der Waals surface area contributed by atoms with Gasteiger partial charge in [0.05, 0.1) is 5.70 Å². The quantitative estimate of drug-likeness (QED) is 0.397. The largest absolute Gasteiger partial charge is 0.349 e. The first-order valence-corrected chi connectivity index (χ1v) is 12.3. The molecule has 2 aliphatic rings. The van der Waals surface area contributed by atoms with Gasteiger partial charge in [0.25, 0.3) is 0 Å². The molecule has 33 heavy (non-hydrogen) atoms. The molecule has 2 fully saturated rings. The highest BCUT2D eigenvalue weighted by Gasteiger charge is 2.38. The average molecular weight is 434 g/mol. The molecule has 0 aliphatic heterocycles. The van der Waals surface area contributed by atoms with Crippen LogP contribution in [0.4, 0.5) is 5.69 Å². The van der Waals surface area contributed by atoms with Crippen LogP contribution in [0.3, 0.4) is 0 Å². The highest BCUT2D eigenvalue weighted by atomic mass is 14.9. The molecule has 0 saturated heterocycles. The van der Waals surface area contributed by atoms with Crippen LogP contribution in [0.5, 0.6) is 0 Å². The Morgan fingerprint density at radius 3 is 2.18 bits per heavy atom. The number of nitrogens with one attached hydrogen (secondary N) is 1. The van der Waals surface area contributed by atoms with Crippen LogP contribution in [0.15, 0.2) is 84.6 Å². The standard InChI is InChI=1S/C29H29N.C3H6/c1-4-7-26(30-27-18-15-25(16-19-27)29(3)20-21-29)17-14-23-8-5-6-9-28(23)24-12-10-22(2)11-13-24;1-2-3-1/h5-13,15-16,18-19,30H,4,20-21H2,1-3H3;1-3H2/b26-7+;. The van der Waals surface area contributed by atoms with Crippen LogP contribution in [0.2, 0.25) is 0 Å². The highest BCUT2D eigenvalue weighted by molar-refractivity contribution is 5.72. The SMILES string of the molecule is C1CC1.CC/C=C(\C#Cc1ccccc1-c1ccc(C)cc1)Nc1ccc(C2(C)CC2)cc1. The molecule has 0 amide bonds. The zero-order valence-corrected chi connectivity index (χ0v) is 20.2. The van der Waals surface area contributed by atoms with E-state index in [0.29, 0.717) is 5.41 Å². The molecule has 0 bridgehead atoms. The van der Waals surface area contributed by atoms with Crippen LogP contribution >= 0.6 is 0 Å². The van der Waals surface area contributed by atoms with Gasteiger partial charge in [-0.15, -0.1) is 0 Å². The molecular weight excluding hydrogens is 398 g/mol. The summed E-state index contributed by atoms with van der Waals surface area (Å²) in [5, 5.41) is 3.50. The number of hydrogen-bond donors (Lipinski definition) is 1. The van der Waals surface area contributed by atoms with Gasteiger partial charge < -0.3 is 5.32 Å². The van der Waals surface area contributed by atoms with Gasteiger partial charge in [0.15, 0.2) is 0 Å². The third-order valence-corrected chi connectivity index (χ3v) is 6.24. The van der Waals surface area contributed by atoms with Gasteiger partial charge in [-0.05, 0) is 72.4 Å². The molecule has 0 radical (unpaired) electrons. The number of aryl methyl sites for hydroxylation is 1. The van der Waals surface area contributed by atoms with Crippen LogP contribution in [0.25, 0.3) is 11.1 Å². The van der Waals surface area contributed by atoms with Crippen molar-refractivity contribution in [3.63, 3.8) is 0 Å². The van der Waals surface area contributed by atoms with Crippen molar-refractivity contribution in [2.24, 2.45) is 0 Å². The fourth-order valence-electron chi connectivity index (χ4n) is 3.64. The normalized spacial score (nSPS) is 15.4. The van der Waals surface area contributed by atoms with Crippen molar-refractivity contribution < 1.29 is 0 Å². The van der Waals surface area contributed by atoms with Gasteiger partial charge in [0.2, 0.25) is 0 Å². The Balaban J connectivity index is 0.000000799. The molecule has 1 N–H and O–H groups in total. The number of benzene rings is 3. The number of hydrogen-bond acceptors (Lipinski definition) is 1. The minimum Gasteiger partial charge on any atom is -0.349 e. The first-order valence-electron chi connectivity index (χ1n) is 12.3. The Kier molecular flexibility index (Phi) is 7.36. The smallest absolute Gasteiger partial charge is 0.0860 e. The minimum absolute atomic E-state index is 0.403. The predicted molar refractivity (Wildman–Crippen MR) is 142 cm³/mol. The van der Waals surface area contributed by atoms with E-state index >= 15 is 0 Å². The van der Waals surface area contributed by atoms with E-state index in [2.05, 4.69) is 117 Å². The van der Waals surface area contributed by atoms with Crippen molar-refractivity contribution >= 4 is 5.69 Å². The summed E-state index contributed by atoms with van der Waals surface area (Å²) < 4.78 is 0. The maximum atomic E-state index is 3.50. The summed E-state index contributed by atoms with van der Waals surface area (Å²) in [6.45, 7) is 6.59. The Hall–Kier alpha value is -3.24. The van der Waals surface area contributed by atoms with Gasteiger partial charge in [-0.3, -0.25) is 0 Å². The Morgan fingerprint density at radius 2 is 1.58 bits per heavy atom. The molecule has 0 spiro atoms. The molecule has 3 aromatic carbocycles. The van der Waals surface area contributed by atoms with E-state index in [0.717, 1.165) is 23.4 Å². The molecule has 168 valence electrons. The van der Waals surface area contributed by atoms with Crippen LogP contribution in [0.1, 0.15) is 69.1 Å². The second kappa shape index (κ2) is 10.6. The molecule has 0 unspecified atom stereocenters. The van der Waals surface area contributed by atoms with Crippen molar-refractivity contribution in [3.8, 4) is 23.0 Å². The van der Waals surface area contributed by atoms with Crippen LogP contribution in [0, 0.1) is 18.8 Å². The van der Waals surface area contributed by atoms with Gasteiger partial charge in [-0.1, -0.05) is 105 Å². The summed E-state index contributed by atoms with van der Waals surface area (Å²) in [5.74, 6) is 6.76. The second-order valence-corrected chi connectivity index (χ2v) is 9.51. The van der Waals surface area contributed by atoms with E-state index in [1.54, 1.807) is 0 Å². The Morgan fingerprint density at radius 1 is 0.909 bits per heavy atom. The van der Waals surface area contributed by atoms with E-state index in [1.807, 2.05) is 0 Å². The van der Waals surface area contributed by atoms with Gasteiger partial charge in [0, 0.05) is 11.3 Å². The Bertz CT molecular complexity index is 1140. The fraction of sp³-hybridized carbons (Fsp3) is 0.312. The average Bonchev–Trinajstić information content (AvgIpc) is 3.76. The lowest BCUT2D eigenvalue weighted by atomic mass is 9.98. The molecule has 5 rings (SSSR count). The molecule has 2 aliphatic carbocycles. The molecule has 2 saturated carbocycles. The summed E-state index contributed by atoms with van der Waals surface area (Å²) >= 11 is 0. The number of anilines is 1. The number of allylic oxidation sites excluding steroid dienone is 2. The Labute approximate surface area is 200 Å². The van der Waals surface area contributed by atoms with Crippen molar-refractivity contribution in [1.29, 1.82) is 0 Å². The molecular formula is C32H35N. The summed E-state index contributed by atoms with van der Waals surface area (Å²) in [7, 11) is 0. The molecule has 0 aromatic heterocycles. The lowest BCUT2D eigenvalue weighted by molar-refractivity contribution is 0.788. The van der Waals surface area contributed by atoms with Crippen molar-refractivity contribution in [2.45, 2.75) is 64.7 Å². The monoisotopic (exact) mass is 433 g/mol. The lowest BCUT2D eigenvalue weighted by Gasteiger charge is -2.11. The van der Waals surface area contributed by atoms with Crippen molar-refractivity contribution in [3.05, 3.63) is 101 Å². The van der Waals surface area contributed by atoms with Crippen LogP contribution in [-0.4, -0.2) is 0 Å². The van der Waals surface area contributed by atoms with E-state index in [9.17, 15) is 0 Å². The zero-order valence-electron chi connectivity index (χ0n) is 20.2. The third kappa shape index (κ3) is 6.62. The van der Waals surface area contributed by atoms with Crippen LogP contribution < -0.4 is 5.32 Å². The third-order valence-electron chi connectivity index (χ3n) is 6.24. The van der Waals surface area contributed by atoms with E-state index in [1.165, 1.54) is 54.4 Å². The highest BCUT2D eigenvalue weighted by Crippen LogP contribution is 2.47. The van der Waals surface area contributed by atoms with E-state index < -0.39 is 0 Å². The first kappa shape index (κ1) is 22.9. The summed E-state index contributed by atoms with van der Waals surface area (Å²) in [5.41, 5.74) is 8.55. The molecule has 1 nitrogen and oxygen atoms in total. The molecule has 0 heterocycles. The lowest BCUT2D eigenvalue weighted by Crippen LogP contribution is -2.01. The molecule has 3 aromatic rings. The zero-order chi connectivity index (χ0) is 23.1. The van der Waals surface area contributed by atoms with Gasteiger partial charge in [-0.2, -0.15) is 0 Å². The predicted octanol–water partition coefficient (Wildman–Crippen LogP) is 8.64.